The molecule has 18 heavy (non-hydrogen) atoms. The van der Waals surface area contributed by atoms with Crippen LogP contribution in [-0.2, 0) is 6.54 Å². The van der Waals surface area contributed by atoms with Gasteiger partial charge in [0.25, 0.3) is 0 Å². The zero-order valence-electron chi connectivity index (χ0n) is 10.9. The molecule has 0 aliphatic carbocycles. The molecule has 5 nitrogen and oxygen atoms in total. The molecule has 1 rings (SSSR count). The Balaban J connectivity index is 2.82. The van der Waals surface area contributed by atoms with Gasteiger partial charge in [-0.25, -0.2) is 0 Å². The van der Waals surface area contributed by atoms with E-state index in [-0.39, 0.29) is 5.69 Å². The molecule has 0 aromatic heterocycles. The van der Waals surface area contributed by atoms with Crippen LogP contribution < -0.4 is 10.1 Å². The van der Waals surface area contributed by atoms with Gasteiger partial charge < -0.3 is 10.1 Å². The SMILES string of the molecule is CCCCOc1cc(CNCC)ccc1[N+](=O)[O-]. The maximum atomic E-state index is 10.9. The van der Waals surface area contributed by atoms with Crippen LogP contribution in [0.15, 0.2) is 18.2 Å². The van der Waals surface area contributed by atoms with Gasteiger partial charge in [0, 0.05) is 12.6 Å². The van der Waals surface area contributed by atoms with E-state index in [1.54, 1.807) is 12.1 Å². The number of nitrogens with zero attached hydrogens (tertiary/aromatic N) is 1. The predicted molar refractivity (Wildman–Crippen MR) is 70.9 cm³/mol. The van der Waals surface area contributed by atoms with Crippen molar-refractivity contribution in [3.8, 4) is 5.75 Å². The number of nitro groups is 1. The van der Waals surface area contributed by atoms with Crippen molar-refractivity contribution in [2.75, 3.05) is 13.2 Å². The molecule has 0 heterocycles. The smallest absolute Gasteiger partial charge is 0.310 e. The van der Waals surface area contributed by atoms with Crippen LogP contribution in [0.4, 0.5) is 5.69 Å². The molecular weight excluding hydrogens is 232 g/mol. The maximum Gasteiger partial charge on any atom is 0.310 e. The summed E-state index contributed by atoms with van der Waals surface area (Å²) in [4.78, 5) is 10.5. The van der Waals surface area contributed by atoms with E-state index in [9.17, 15) is 10.1 Å². The highest BCUT2D eigenvalue weighted by atomic mass is 16.6. The number of benzene rings is 1. The van der Waals surface area contributed by atoms with E-state index in [2.05, 4.69) is 12.2 Å². The Bertz CT molecular complexity index is 394. The molecule has 0 aliphatic rings. The van der Waals surface area contributed by atoms with Gasteiger partial charge in [-0.15, -0.1) is 0 Å². The molecule has 100 valence electrons. The molecule has 0 unspecified atom stereocenters. The molecule has 5 heteroatoms. The summed E-state index contributed by atoms with van der Waals surface area (Å²) in [6, 6.07) is 5.01. The molecular formula is C13H20N2O3. The average molecular weight is 252 g/mol. The highest BCUT2D eigenvalue weighted by Gasteiger charge is 2.15. The molecule has 0 aliphatic heterocycles. The molecule has 0 spiro atoms. The third kappa shape index (κ3) is 4.33. The second kappa shape index (κ2) is 7.66. The van der Waals surface area contributed by atoms with Crippen LogP contribution in [0, 0.1) is 10.1 Å². The van der Waals surface area contributed by atoms with Crippen molar-refractivity contribution in [1.82, 2.24) is 5.32 Å². The van der Waals surface area contributed by atoms with Crippen molar-refractivity contribution in [3.63, 3.8) is 0 Å². The largest absolute Gasteiger partial charge is 0.487 e. The number of unbranched alkanes of at least 4 members (excludes halogenated alkanes) is 1. The van der Waals surface area contributed by atoms with E-state index in [0.717, 1.165) is 24.9 Å². The minimum Gasteiger partial charge on any atom is -0.487 e. The van der Waals surface area contributed by atoms with Gasteiger partial charge in [-0.3, -0.25) is 10.1 Å². The van der Waals surface area contributed by atoms with E-state index in [1.807, 2.05) is 6.92 Å². The van der Waals surface area contributed by atoms with Crippen LogP contribution in [-0.4, -0.2) is 18.1 Å². The molecule has 0 bridgehead atoms. The summed E-state index contributed by atoms with van der Waals surface area (Å²) in [5, 5.41) is 14.1. The number of nitro benzene ring substituents is 1. The van der Waals surface area contributed by atoms with Crippen LogP contribution in [0.2, 0.25) is 0 Å². The average Bonchev–Trinajstić information content (AvgIpc) is 2.36. The Kier molecular flexibility index (Phi) is 6.14. The first kappa shape index (κ1) is 14.4. The zero-order valence-corrected chi connectivity index (χ0v) is 10.9. The minimum absolute atomic E-state index is 0.0337. The second-order valence-corrected chi connectivity index (χ2v) is 4.04. The Labute approximate surface area is 107 Å². The lowest BCUT2D eigenvalue weighted by Crippen LogP contribution is -2.12. The Morgan fingerprint density at radius 3 is 2.78 bits per heavy atom. The summed E-state index contributed by atoms with van der Waals surface area (Å²) < 4.78 is 5.49. The van der Waals surface area contributed by atoms with E-state index >= 15 is 0 Å². The lowest BCUT2D eigenvalue weighted by atomic mass is 10.2. The third-order valence-corrected chi connectivity index (χ3v) is 2.56. The Morgan fingerprint density at radius 1 is 1.39 bits per heavy atom. The first-order valence-electron chi connectivity index (χ1n) is 6.29. The summed E-state index contributed by atoms with van der Waals surface area (Å²) in [6.07, 6.45) is 1.90. The number of hydrogen-bond acceptors (Lipinski definition) is 4. The van der Waals surface area contributed by atoms with Crippen LogP contribution in [0.3, 0.4) is 0 Å². The van der Waals surface area contributed by atoms with Crippen LogP contribution in [0.1, 0.15) is 32.3 Å². The molecule has 0 saturated carbocycles. The van der Waals surface area contributed by atoms with Crippen molar-refractivity contribution in [2.24, 2.45) is 0 Å². The van der Waals surface area contributed by atoms with E-state index in [1.165, 1.54) is 6.07 Å². The molecule has 0 fully saturated rings. The first-order chi connectivity index (χ1) is 8.69. The standard InChI is InChI=1S/C13H20N2O3/c1-3-5-8-18-13-9-11(10-14-4-2)6-7-12(13)15(16)17/h6-7,9,14H,3-5,8,10H2,1-2H3. The predicted octanol–water partition coefficient (Wildman–Crippen LogP) is 2.88. The quantitative estimate of drug-likeness (QED) is 0.439. The fourth-order valence-electron chi connectivity index (χ4n) is 1.53. The zero-order chi connectivity index (χ0) is 13.4. The fourth-order valence-corrected chi connectivity index (χ4v) is 1.53. The van der Waals surface area contributed by atoms with Crippen molar-refractivity contribution >= 4 is 5.69 Å². The first-order valence-corrected chi connectivity index (χ1v) is 6.29. The highest BCUT2D eigenvalue weighted by molar-refractivity contribution is 5.48. The van der Waals surface area contributed by atoms with Gasteiger partial charge in [-0.1, -0.05) is 26.3 Å². The van der Waals surface area contributed by atoms with Crippen molar-refractivity contribution < 1.29 is 9.66 Å². The van der Waals surface area contributed by atoms with Gasteiger partial charge in [-0.2, -0.15) is 0 Å². The fraction of sp³-hybridized carbons (Fsp3) is 0.538. The van der Waals surface area contributed by atoms with Gasteiger partial charge in [0.1, 0.15) is 0 Å². The summed E-state index contributed by atoms with van der Waals surface area (Å²) in [7, 11) is 0. The van der Waals surface area contributed by atoms with Crippen LogP contribution in [0.5, 0.6) is 5.75 Å². The van der Waals surface area contributed by atoms with Crippen molar-refractivity contribution in [2.45, 2.75) is 33.2 Å². The van der Waals surface area contributed by atoms with Crippen LogP contribution in [0.25, 0.3) is 0 Å². The number of rotatable bonds is 8. The summed E-state index contributed by atoms with van der Waals surface area (Å²) in [6.45, 7) is 6.15. The highest BCUT2D eigenvalue weighted by Crippen LogP contribution is 2.28. The number of nitrogens with one attached hydrogen (secondary N) is 1. The maximum absolute atomic E-state index is 10.9. The lowest BCUT2D eigenvalue weighted by molar-refractivity contribution is -0.385. The normalized spacial score (nSPS) is 10.3. The summed E-state index contributed by atoms with van der Waals surface area (Å²) in [5.41, 5.74) is 1.03. The molecule has 0 atom stereocenters. The second-order valence-electron chi connectivity index (χ2n) is 4.04. The Morgan fingerprint density at radius 2 is 2.17 bits per heavy atom. The third-order valence-electron chi connectivity index (χ3n) is 2.56. The summed E-state index contributed by atoms with van der Waals surface area (Å²) >= 11 is 0. The molecule has 1 N–H and O–H groups in total. The van der Waals surface area contributed by atoms with Gasteiger partial charge in [0.15, 0.2) is 5.75 Å². The van der Waals surface area contributed by atoms with E-state index in [4.69, 9.17) is 4.74 Å². The van der Waals surface area contributed by atoms with Crippen molar-refractivity contribution in [1.29, 1.82) is 0 Å². The topological polar surface area (TPSA) is 64.4 Å². The molecule has 1 aromatic rings. The van der Waals surface area contributed by atoms with Gasteiger partial charge >= 0.3 is 5.69 Å². The van der Waals surface area contributed by atoms with E-state index in [0.29, 0.717) is 18.9 Å². The molecule has 0 amide bonds. The van der Waals surface area contributed by atoms with Gasteiger partial charge in [-0.05, 0) is 24.6 Å². The number of hydrogen-bond donors (Lipinski definition) is 1. The number of ether oxygens (including phenoxy) is 1. The van der Waals surface area contributed by atoms with E-state index < -0.39 is 4.92 Å². The molecule has 1 aromatic carbocycles. The summed E-state index contributed by atoms with van der Waals surface area (Å²) in [5.74, 6) is 0.365. The van der Waals surface area contributed by atoms with Crippen molar-refractivity contribution in [3.05, 3.63) is 33.9 Å². The molecule has 0 radical (unpaired) electrons. The molecule has 0 saturated heterocycles. The van der Waals surface area contributed by atoms with Gasteiger partial charge in [0.05, 0.1) is 11.5 Å². The van der Waals surface area contributed by atoms with Gasteiger partial charge in [0.2, 0.25) is 0 Å². The lowest BCUT2D eigenvalue weighted by Gasteiger charge is -2.08. The Hall–Kier alpha value is -1.62. The monoisotopic (exact) mass is 252 g/mol. The minimum atomic E-state index is -0.404. The van der Waals surface area contributed by atoms with Crippen LogP contribution >= 0.6 is 0 Å².